The minimum atomic E-state index is -1.26. The summed E-state index contributed by atoms with van der Waals surface area (Å²) in [6.45, 7) is -0.662. The van der Waals surface area contributed by atoms with Crippen LogP contribution in [0.2, 0.25) is 0 Å². The SMILES string of the molecule is COC(=O)C1=C(C(=O)OC)N(c2ccccc2C(=O)NCC(=O)O)C(N)=C(C#N)C1c1ccccc1. The van der Waals surface area contributed by atoms with Gasteiger partial charge < -0.3 is 25.6 Å². The number of nitrogens with two attached hydrogens (primary N) is 1. The highest BCUT2D eigenvalue weighted by Crippen LogP contribution is 2.43. The molecule has 1 atom stereocenters. The van der Waals surface area contributed by atoms with Crippen LogP contribution in [-0.4, -0.2) is 49.7 Å². The number of amides is 1. The summed E-state index contributed by atoms with van der Waals surface area (Å²) in [7, 11) is 2.22. The zero-order valence-corrected chi connectivity index (χ0v) is 19.3. The summed E-state index contributed by atoms with van der Waals surface area (Å²) in [5.74, 6) is -5.23. The van der Waals surface area contributed by atoms with E-state index in [4.69, 9.17) is 20.3 Å². The lowest BCUT2D eigenvalue weighted by molar-refractivity contribution is -0.139. The Morgan fingerprint density at radius 1 is 1.03 bits per heavy atom. The molecule has 36 heavy (non-hydrogen) atoms. The molecule has 0 bridgehead atoms. The first-order valence-corrected chi connectivity index (χ1v) is 10.5. The fourth-order valence-electron chi connectivity index (χ4n) is 3.88. The third-order valence-corrected chi connectivity index (χ3v) is 5.40. The van der Waals surface area contributed by atoms with Crippen molar-refractivity contribution in [2.45, 2.75) is 5.92 Å². The molecule has 0 fully saturated rings. The van der Waals surface area contributed by atoms with Crippen molar-refractivity contribution in [3.63, 3.8) is 0 Å². The summed E-state index contributed by atoms with van der Waals surface area (Å²) >= 11 is 0. The zero-order chi connectivity index (χ0) is 26.4. The van der Waals surface area contributed by atoms with Gasteiger partial charge in [-0.2, -0.15) is 5.26 Å². The Morgan fingerprint density at radius 3 is 2.22 bits per heavy atom. The molecule has 2 aromatic rings. The maximum absolute atomic E-state index is 13.1. The number of nitrogens with zero attached hydrogens (tertiary/aromatic N) is 2. The molecule has 0 aromatic heterocycles. The van der Waals surface area contributed by atoms with E-state index in [2.05, 4.69) is 5.32 Å². The number of esters is 2. The van der Waals surface area contributed by atoms with Crippen LogP contribution in [0.5, 0.6) is 0 Å². The van der Waals surface area contributed by atoms with Gasteiger partial charge in [-0.15, -0.1) is 0 Å². The Morgan fingerprint density at radius 2 is 1.64 bits per heavy atom. The molecule has 1 aliphatic rings. The number of carboxylic acids is 1. The zero-order valence-electron chi connectivity index (χ0n) is 19.3. The number of hydrogen-bond acceptors (Lipinski definition) is 9. The molecule has 0 saturated heterocycles. The number of aliphatic carboxylic acids is 1. The number of carboxylic acid groups (broad SMARTS) is 1. The van der Waals surface area contributed by atoms with Crippen molar-refractivity contribution in [2.75, 3.05) is 25.7 Å². The van der Waals surface area contributed by atoms with Crippen LogP contribution in [0.1, 0.15) is 21.8 Å². The van der Waals surface area contributed by atoms with Crippen LogP contribution in [0.15, 0.2) is 77.3 Å². The molecule has 1 unspecified atom stereocenters. The highest BCUT2D eigenvalue weighted by atomic mass is 16.5. The smallest absolute Gasteiger partial charge is 0.355 e. The minimum Gasteiger partial charge on any atom is -0.480 e. The van der Waals surface area contributed by atoms with Crippen LogP contribution in [0, 0.1) is 11.3 Å². The van der Waals surface area contributed by atoms with Gasteiger partial charge in [0.15, 0.2) is 0 Å². The molecular weight excluding hydrogens is 468 g/mol. The van der Waals surface area contributed by atoms with Crippen LogP contribution >= 0.6 is 0 Å². The molecule has 0 radical (unpaired) electrons. The Bertz CT molecular complexity index is 1330. The summed E-state index contributed by atoms with van der Waals surface area (Å²) in [5.41, 5.74) is 6.22. The molecule has 1 heterocycles. The third kappa shape index (κ3) is 4.74. The third-order valence-electron chi connectivity index (χ3n) is 5.40. The van der Waals surface area contributed by atoms with E-state index in [1.807, 2.05) is 6.07 Å². The molecule has 0 spiro atoms. The van der Waals surface area contributed by atoms with Crippen LogP contribution < -0.4 is 16.0 Å². The Hall–Kier alpha value is -5.11. The van der Waals surface area contributed by atoms with E-state index in [1.165, 1.54) is 18.2 Å². The fraction of sp³-hybridized carbons (Fsp3) is 0.160. The fourth-order valence-corrected chi connectivity index (χ4v) is 3.88. The van der Waals surface area contributed by atoms with E-state index in [0.29, 0.717) is 5.56 Å². The lowest BCUT2D eigenvalue weighted by atomic mass is 9.80. The first-order chi connectivity index (χ1) is 17.3. The summed E-state index contributed by atoms with van der Waals surface area (Å²) in [4.78, 5) is 51.1. The predicted octanol–water partition coefficient (Wildman–Crippen LogP) is 1.40. The number of allylic oxidation sites excluding steroid dienone is 1. The molecule has 1 amide bonds. The van der Waals surface area contributed by atoms with Crippen molar-refractivity contribution in [3.8, 4) is 6.07 Å². The number of hydrogen-bond donors (Lipinski definition) is 3. The first-order valence-electron chi connectivity index (χ1n) is 10.5. The van der Waals surface area contributed by atoms with Gasteiger partial charge in [0.1, 0.15) is 18.1 Å². The summed E-state index contributed by atoms with van der Waals surface area (Å²) in [6, 6.07) is 16.3. The summed E-state index contributed by atoms with van der Waals surface area (Å²) < 4.78 is 9.93. The predicted molar refractivity (Wildman–Crippen MR) is 126 cm³/mol. The Kier molecular flexibility index (Phi) is 7.71. The maximum Gasteiger partial charge on any atom is 0.355 e. The molecular formula is C25H22N4O7. The largest absolute Gasteiger partial charge is 0.480 e. The quantitative estimate of drug-likeness (QED) is 0.482. The van der Waals surface area contributed by atoms with E-state index in [1.54, 1.807) is 36.4 Å². The van der Waals surface area contributed by atoms with Crippen molar-refractivity contribution in [2.24, 2.45) is 5.73 Å². The van der Waals surface area contributed by atoms with Crippen molar-refractivity contribution < 1.29 is 33.8 Å². The van der Waals surface area contributed by atoms with Gasteiger partial charge in [0.2, 0.25) is 0 Å². The highest BCUT2D eigenvalue weighted by Gasteiger charge is 2.43. The molecule has 0 saturated carbocycles. The van der Waals surface area contributed by atoms with Gasteiger partial charge >= 0.3 is 17.9 Å². The average molecular weight is 490 g/mol. The average Bonchev–Trinajstić information content (AvgIpc) is 2.90. The van der Waals surface area contributed by atoms with Crippen LogP contribution in [0.25, 0.3) is 0 Å². The summed E-state index contributed by atoms with van der Waals surface area (Å²) in [6.07, 6.45) is 0. The number of para-hydroxylation sites is 1. The van der Waals surface area contributed by atoms with E-state index in [0.717, 1.165) is 19.1 Å². The van der Waals surface area contributed by atoms with Crippen LogP contribution in [0.4, 0.5) is 5.69 Å². The second-order valence-electron chi connectivity index (χ2n) is 7.43. The van der Waals surface area contributed by atoms with Gasteiger partial charge in [0.05, 0.1) is 48.6 Å². The maximum atomic E-state index is 13.1. The number of rotatable bonds is 7. The number of nitriles is 1. The lowest BCUT2D eigenvalue weighted by Crippen LogP contribution is -2.42. The molecule has 1 aliphatic heterocycles. The molecule has 2 aromatic carbocycles. The van der Waals surface area contributed by atoms with Gasteiger partial charge in [-0.3, -0.25) is 14.5 Å². The number of carbonyl (C=O) groups is 4. The highest BCUT2D eigenvalue weighted by molar-refractivity contribution is 6.09. The van der Waals surface area contributed by atoms with Crippen molar-refractivity contribution >= 4 is 29.5 Å². The van der Waals surface area contributed by atoms with Crippen LogP contribution in [0.3, 0.4) is 0 Å². The van der Waals surface area contributed by atoms with Gasteiger partial charge in [-0.25, -0.2) is 9.59 Å². The molecule has 4 N–H and O–H groups in total. The molecule has 11 nitrogen and oxygen atoms in total. The van der Waals surface area contributed by atoms with Gasteiger partial charge in [0.25, 0.3) is 5.91 Å². The minimum absolute atomic E-state index is 0.0129. The van der Waals surface area contributed by atoms with Gasteiger partial charge in [0, 0.05) is 0 Å². The van der Waals surface area contributed by atoms with Gasteiger partial charge in [-0.05, 0) is 17.7 Å². The number of methoxy groups -OCH3 is 2. The second-order valence-corrected chi connectivity index (χ2v) is 7.43. The number of nitrogens with one attached hydrogen (secondary N) is 1. The summed E-state index contributed by atoms with van der Waals surface area (Å²) in [5, 5.41) is 21.3. The van der Waals surface area contributed by atoms with E-state index in [-0.39, 0.29) is 33.9 Å². The number of ether oxygens (including phenoxy) is 2. The number of carbonyl (C=O) groups excluding carboxylic acids is 3. The van der Waals surface area contributed by atoms with Crippen molar-refractivity contribution in [3.05, 3.63) is 88.4 Å². The molecule has 0 aliphatic carbocycles. The van der Waals surface area contributed by atoms with Crippen molar-refractivity contribution in [1.29, 1.82) is 5.26 Å². The Labute approximate surface area is 206 Å². The van der Waals surface area contributed by atoms with Crippen LogP contribution in [-0.2, 0) is 23.9 Å². The Balaban J connectivity index is 2.37. The second kappa shape index (κ2) is 10.9. The van der Waals surface area contributed by atoms with E-state index >= 15 is 0 Å². The first kappa shape index (κ1) is 25.5. The monoisotopic (exact) mass is 490 g/mol. The number of anilines is 1. The van der Waals surface area contributed by atoms with Crippen molar-refractivity contribution in [1.82, 2.24) is 5.32 Å². The standard InChI is InChI=1S/C25H22N4O7/c1-35-24(33)20-19(14-8-4-3-5-9-14)16(12-26)22(27)29(21(20)25(34)36-2)17-11-7-6-10-15(17)23(32)28-13-18(30)31/h3-11,19H,13,27H2,1-2H3,(H,28,32)(H,30,31). The van der Waals surface area contributed by atoms with E-state index in [9.17, 15) is 24.4 Å². The topological polar surface area (TPSA) is 172 Å². The van der Waals surface area contributed by atoms with Gasteiger partial charge in [-0.1, -0.05) is 42.5 Å². The van der Waals surface area contributed by atoms with E-state index < -0.39 is 36.3 Å². The lowest BCUT2D eigenvalue weighted by Gasteiger charge is -2.36. The number of benzene rings is 2. The molecule has 11 heteroatoms. The molecule has 184 valence electrons. The normalized spacial score (nSPS) is 15.1. The molecule has 3 rings (SSSR count).